The van der Waals surface area contributed by atoms with Crippen molar-refractivity contribution >= 4 is 11.9 Å². The Morgan fingerprint density at radius 3 is 1.65 bits per heavy atom. The van der Waals surface area contributed by atoms with Crippen molar-refractivity contribution in [2.75, 3.05) is 26.4 Å². The first-order valence-corrected chi connectivity index (χ1v) is 9.24. The molecule has 0 saturated carbocycles. The maximum absolute atomic E-state index is 12.8. The van der Waals surface area contributed by atoms with Crippen molar-refractivity contribution < 1.29 is 57.4 Å². The molecule has 0 aliphatic heterocycles. The van der Waals surface area contributed by atoms with E-state index in [1.54, 1.807) is 0 Å². The molecule has 0 heterocycles. The van der Waals surface area contributed by atoms with Gasteiger partial charge in [-0.05, 0) is 25.0 Å². The first-order chi connectivity index (χ1) is 14.5. The van der Waals surface area contributed by atoms with Crippen LogP contribution in [0.1, 0.15) is 26.7 Å². The molecular weight excluding hydrogens is 429 g/mol. The highest BCUT2D eigenvalue weighted by molar-refractivity contribution is 5.81. The second-order valence-corrected chi connectivity index (χ2v) is 6.84. The maximum atomic E-state index is 12.8. The SMILES string of the molecule is CCC(CO)(CO)C(=O)Oc1ccc(OC(=O)C(CC)(CO)CO)c(OC(F)(F)F)c1. The van der Waals surface area contributed by atoms with Gasteiger partial charge in [-0.15, -0.1) is 13.2 Å². The van der Waals surface area contributed by atoms with E-state index in [-0.39, 0.29) is 12.8 Å². The van der Waals surface area contributed by atoms with E-state index in [1.807, 2.05) is 0 Å². The number of benzene rings is 1. The third-order valence-electron chi connectivity index (χ3n) is 4.98. The van der Waals surface area contributed by atoms with Gasteiger partial charge in [-0.3, -0.25) is 9.59 Å². The third-order valence-corrected chi connectivity index (χ3v) is 4.98. The average molecular weight is 454 g/mol. The molecule has 0 aliphatic carbocycles. The summed E-state index contributed by atoms with van der Waals surface area (Å²) in [6.07, 6.45) is -5.27. The first-order valence-electron chi connectivity index (χ1n) is 9.24. The molecule has 1 aromatic rings. The zero-order valence-corrected chi connectivity index (χ0v) is 16.9. The molecule has 0 spiro atoms. The Morgan fingerprint density at radius 1 is 0.806 bits per heavy atom. The molecule has 0 fully saturated rings. The molecular formula is C19H25F3O9. The quantitative estimate of drug-likeness (QED) is 0.286. The van der Waals surface area contributed by atoms with Gasteiger partial charge in [0.2, 0.25) is 0 Å². The largest absolute Gasteiger partial charge is 0.573 e. The van der Waals surface area contributed by atoms with Crippen molar-refractivity contribution in [3.63, 3.8) is 0 Å². The highest BCUT2D eigenvalue weighted by atomic mass is 19.4. The molecule has 0 amide bonds. The van der Waals surface area contributed by atoms with Gasteiger partial charge in [0.05, 0.1) is 26.4 Å². The Morgan fingerprint density at radius 2 is 1.26 bits per heavy atom. The molecule has 176 valence electrons. The van der Waals surface area contributed by atoms with Crippen LogP contribution in [-0.4, -0.2) is 65.2 Å². The predicted molar refractivity (Wildman–Crippen MR) is 98.2 cm³/mol. The predicted octanol–water partition coefficient (Wildman–Crippen LogP) is 1.16. The Labute approximate surface area is 176 Å². The number of ether oxygens (including phenoxy) is 3. The first kappa shape index (κ1) is 26.6. The molecule has 9 nitrogen and oxygen atoms in total. The summed E-state index contributed by atoms with van der Waals surface area (Å²) in [7, 11) is 0. The minimum Gasteiger partial charge on any atom is -0.426 e. The lowest BCUT2D eigenvalue weighted by molar-refractivity contribution is -0.275. The summed E-state index contributed by atoms with van der Waals surface area (Å²) in [6, 6.07) is 2.50. The number of hydrogen-bond acceptors (Lipinski definition) is 9. The number of aliphatic hydroxyl groups is 4. The molecule has 1 aromatic carbocycles. The van der Waals surface area contributed by atoms with Gasteiger partial charge in [0.15, 0.2) is 11.5 Å². The maximum Gasteiger partial charge on any atom is 0.573 e. The number of rotatable bonds is 11. The minimum absolute atomic E-state index is 0.0120. The number of esters is 2. The average Bonchev–Trinajstić information content (AvgIpc) is 2.72. The fourth-order valence-corrected chi connectivity index (χ4v) is 2.36. The zero-order valence-electron chi connectivity index (χ0n) is 16.9. The highest BCUT2D eigenvalue weighted by Gasteiger charge is 2.40. The molecule has 0 aliphatic rings. The van der Waals surface area contributed by atoms with Crippen LogP contribution in [-0.2, 0) is 9.59 Å². The van der Waals surface area contributed by atoms with Gasteiger partial charge in [0.25, 0.3) is 0 Å². The van der Waals surface area contributed by atoms with E-state index >= 15 is 0 Å². The molecule has 31 heavy (non-hydrogen) atoms. The molecule has 4 N–H and O–H groups in total. The summed E-state index contributed by atoms with van der Waals surface area (Å²) >= 11 is 0. The Balaban J connectivity index is 3.29. The Hall–Kier alpha value is -2.41. The van der Waals surface area contributed by atoms with Crippen LogP contribution in [0.25, 0.3) is 0 Å². The van der Waals surface area contributed by atoms with Crippen LogP contribution in [0.4, 0.5) is 13.2 Å². The number of carbonyl (C=O) groups is 2. The third kappa shape index (κ3) is 6.29. The molecule has 0 radical (unpaired) electrons. The van der Waals surface area contributed by atoms with Crippen LogP contribution >= 0.6 is 0 Å². The monoisotopic (exact) mass is 454 g/mol. The van der Waals surface area contributed by atoms with Gasteiger partial charge in [0, 0.05) is 6.07 Å². The van der Waals surface area contributed by atoms with Gasteiger partial charge in [-0.1, -0.05) is 13.8 Å². The van der Waals surface area contributed by atoms with Gasteiger partial charge in [-0.2, -0.15) is 0 Å². The lowest BCUT2D eigenvalue weighted by atomic mass is 9.87. The van der Waals surface area contributed by atoms with Gasteiger partial charge >= 0.3 is 18.3 Å². The van der Waals surface area contributed by atoms with E-state index in [2.05, 4.69) is 4.74 Å². The molecule has 0 aromatic heterocycles. The van der Waals surface area contributed by atoms with Crippen molar-refractivity contribution in [1.29, 1.82) is 0 Å². The summed E-state index contributed by atoms with van der Waals surface area (Å²) in [4.78, 5) is 24.6. The molecule has 0 saturated heterocycles. The second kappa shape index (κ2) is 10.8. The van der Waals surface area contributed by atoms with E-state index in [0.29, 0.717) is 6.07 Å². The zero-order chi connectivity index (χ0) is 23.9. The lowest BCUT2D eigenvalue weighted by Crippen LogP contribution is -2.41. The van der Waals surface area contributed by atoms with Crippen molar-refractivity contribution in [2.45, 2.75) is 33.1 Å². The van der Waals surface area contributed by atoms with Crippen molar-refractivity contribution in [3.05, 3.63) is 18.2 Å². The van der Waals surface area contributed by atoms with Crippen LogP contribution in [0.2, 0.25) is 0 Å². The molecule has 1 rings (SSSR count). The van der Waals surface area contributed by atoms with E-state index in [9.17, 15) is 43.2 Å². The van der Waals surface area contributed by atoms with Crippen molar-refractivity contribution in [2.24, 2.45) is 10.8 Å². The molecule has 0 atom stereocenters. The van der Waals surface area contributed by atoms with Crippen molar-refractivity contribution in [3.8, 4) is 17.2 Å². The van der Waals surface area contributed by atoms with Crippen LogP contribution < -0.4 is 14.2 Å². The number of hydrogen-bond donors (Lipinski definition) is 4. The molecule has 0 bridgehead atoms. The Bertz CT molecular complexity index is 740. The van der Waals surface area contributed by atoms with Crippen LogP contribution in [0.15, 0.2) is 18.2 Å². The van der Waals surface area contributed by atoms with E-state index < -0.39 is 72.8 Å². The summed E-state index contributed by atoms with van der Waals surface area (Å²) in [5, 5.41) is 37.6. The lowest BCUT2D eigenvalue weighted by Gasteiger charge is -2.26. The van der Waals surface area contributed by atoms with Gasteiger partial charge in [0.1, 0.15) is 16.6 Å². The summed E-state index contributed by atoms with van der Waals surface area (Å²) in [5.41, 5.74) is -3.41. The van der Waals surface area contributed by atoms with E-state index in [0.717, 1.165) is 12.1 Å². The van der Waals surface area contributed by atoms with Crippen LogP contribution in [0.3, 0.4) is 0 Å². The van der Waals surface area contributed by atoms with E-state index in [1.165, 1.54) is 13.8 Å². The number of alkyl halides is 3. The van der Waals surface area contributed by atoms with Gasteiger partial charge < -0.3 is 34.6 Å². The summed E-state index contributed by atoms with van der Waals surface area (Å²) < 4.78 is 52.2. The normalized spacial score (nSPS) is 12.4. The van der Waals surface area contributed by atoms with Crippen LogP contribution in [0.5, 0.6) is 17.2 Å². The second-order valence-electron chi connectivity index (χ2n) is 6.84. The minimum atomic E-state index is -5.19. The number of carbonyl (C=O) groups excluding carboxylic acids is 2. The standard InChI is InChI=1S/C19H25F3O9/c1-3-17(8-23,9-24)15(27)29-12-5-6-13(14(7-12)31-19(20,21)22)30-16(28)18(4-2,10-25)11-26/h5-7,23-26H,3-4,8-11H2,1-2H3. The molecule has 0 unspecified atom stereocenters. The smallest absolute Gasteiger partial charge is 0.426 e. The highest BCUT2D eigenvalue weighted by Crippen LogP contribution is 2.38. The number of halogens is 3. The number of aliphatic hydroxyl groups excluding tert-OH is 4. The molecule has 12 heteroatoms. The summed E-state index contributed by atoms with van der Waals surface area (Å²) in [5.74, 6) is -4.44. The fraction of sp³-hybridized carbons (Fsp3) is 0.579. The van der Waals surface area contributed by atoms with Gasteiger partial charge in [-0.25, -0.2) is 0 Å². The Kier molecular flexibility index (Phi) is 9.24. The van der Waals surface area contributed by atoms with E-state index in [4.69, 9.17) is 9.47 Å². The van der Waals surface area contributed by atoms with Crippen LogP contribution in [0, 0.1) is 10.8 Å². The van der Waals surface area contributed by atoms with Crippen molar-refractivity contribution in [1.82, 2.24) is 0 Å². The fourth-order valence-electron chi connectivity index (χ4n) is 2.36. The topological polar surface area (TPSA) is 143 Å². The summed E-state index contributed by atoms with van der Waals surface area (Å²) in [6.45, 7) is -0.192.